The van der Waals surface area contributed by atoms with E-state index in [0.29, 0.717) is 0 Å². The van der Waals surface area contributed by atoms with Crippen LogP contribution in [0.2, 0.25) is 0 Å². The number of nitrogens with zero attached hydrogens (tertiary/aromatic N) is 1. The van der Waals surface area contributed by atoms with E-state index in [1.807, 2.05) is 18.2 Å². The number of para-hydroxylation sites is 1. The van der Waals surface area contributed by atoms with Gasteiger partial charge in [-0.3, -0.25) is 0 Å². The zero-order chi connectivity index (χ0) is 13.2. The number of benzene rings is 1. The van der Waals surface area contributed by atoms with Crippen LogP contribution < -0.4 is 5.32 Å². The van der Waals surface area contributed by atoms with Crippen LogP contribution in [0.25, 0.3) is 0 Å². The SMILES string of the molecule is CCCCCCCC(C#N)Nc1ccccc1C. The summed E-state index contributed by atoms with van der Waals surface area (Å²) in [7, 11) is 0. The third-order valence-electron chi connectivity index (χ3n) is 3.23. The third-order valence-corrected chi connectivity index (χ3v) is 3.23. The van der Waals surface area contributed by atoms with Gasteiger partial charge in [0.05, 0.1) is 6.07 Å². The van der Waals surface area contributed by atoms with E-state index >= 15 is 0 Å². The van der Waals surface area contributed by atoms with Gasteiger partial charge in [0.25, 0.3) is 0 Å². The molecule has 1 aromatic carbocycles. The van der Waals surface area contributed by atoms with Crippen molar-refractivity contribution in [3.63, 3.8) is 0 Å². The lowest BCUT2D eigenvalue weighted by atomic mass is 10.1. The van der Waals surface area contributed by atoms with Crippen LogP contribution in [0.3, 0.4) is 0 Å². The molecule has 0 aliphatic rings. The standard InChI is InChI=1S/C16H24N2/c1-3-4-5-6-7-11-15(13-17)18-16-12-9-8-10-14(16)2/h8-10,12,15,18H,3-7,11H2,1-2H3. The van der Waals surface area contributed by atoms with Crippen molar-refractivity contribution in [1.82, 2.24) is 0 Å². The van der Waals surface area contributed by atoms with Crippen LogP contribution in [-0.2, 0) is 0 Å². The van der Waals surface area contributed by atoms with E-state index in [1.165, 1.54) is 31.2 Å². The first kappa shape index (κ1) is 14.6. The van der Waals surface area contributed by atoms with Gasteiger partial charge in [-0.2, -0.15) is 5.26 Å². The minimum absolute atomic E-state index is 0.0623. The van der Waals surface area contributed by atoms with E-state index in [2.05, 4.69) is 31.3 Å². The van der Waals surface area contributed by atoms with Crippen LogP contribution in [0.5, 0.6) is 0 Å². The van der Waals surface area contributed by atoms with Crippen molar-refractivity contribution in [2.45, 2.75) is 58.4 Å². The van der Waals surface area contributed by atoms with Gasteiger partial charge in [-0.05, 0) is 25.0 Å². The van der Waals surface area contributed by atoms with E-state index in [0.717, 1.165) is 18.5 Å². The molecule has 0 saturated carbocycles. The average Bonchev–Trinajstić information content (AvgIpc) is 2.39. The van der Waals surface area contributed by atoms with E-state index in [1.54, 1.807) is 0 Å². The quantitative estimate of drug-likeness (QED) is 0.675. The summed E-state index contributed by atoms with van der Waals surface area (Å²) in [6.07, 6.45) is 7.18. The summed E-state index contributed by atoms with van der Waals surface area (Å²) in [5, 5.41) is 12.5. The predicted octanol–water partition coefficient (Wildman–Crippen LogP) is 4.66. The molecule has 0 aromatic heterocycles. The van der Waals surface area contributed by atoms with E-state index in [9.17, 15) is 0 Å². The lowest BCUT2D eigenvalue weighted by Gasteiger charge is -2.14. The Labute approximate surface area is 111 Å². The van der Waals surface area contributed by atoms with Crippen molar-refractivity contribution < 1.29 is 0 Å². The average molecular weight is 244 g/mol. The maximum atomic E-state index is 9.17. The highest BCUT2D eigenvalue weighted by atomic mass is 14.9. The third kappa shape index (κ3) is 5.23. The Balaban J connectivity index is 2.34. The lowest BCUT2D eigenvalue weighted by Crippen LogP contribution is -2.17. The smallest absolute Gasteiger partial charge is 0.114 e. The van der Waals surface area contributed by atoms with Crippen LogP contribution >= 0.6 is 0 Å². The Hall–Kier alpha value is -1.49. The normalized spacial score (nSPS) is 11.8. The van der Waals surface area contributed by atoms with Crippen molar-refractivity contribution in [2.24, 2.45) is 0 Å². The van der Waals surface area contributed by atoms with Gasteiger partial charge in [0.1, 0.15) is 6.04 Å². The summed E-state index contributed by atoms with van der Waals surface area (Å²) in [6.45, 7) is 4.29. The molecule has 0 fully saturated rings. The molecule has 0 radical (unpaired) electrons. The zero-order valence-corrected chi connectivity index (χ0v) is 11.6. The molecule has 2 heteroatoms. The van der Waals surface area contributed by atoms with E-state index in [4.69, 9.17) is 5.26 Å². The molecule has 0 aliphatic heterocycles. The summed E-state index contributed by atoms with van der Waals surface area (Å²) >= 11 is 0. The second-order valence-corrected chi connectivity index (χ2v) is 4.84. The molecule has 0 saturated heterocycles. The Kier molecular flexibility index (Phi) is 6.94. The summed E-state index contributed by atoms with van der Waals surface area (Å²) in [5.74, 6) is 0. The molecule has 0 heterocycles. The molecular weight excluding hydrogens is 220 g/mol. The van der Waals surface area contributed by atoms with Crippen molar-refractivity contribution >= 4 is 5.69 Å². The van der Waals surface area contributed by atoms with Crippen molar-refractivity contribution in [2.75, 3.05) is 5.32 Å². The second kappa shape index (κ2) is 8.58. The fourth-order valence-electron chi connectivity index (χ4n) is 2.04. The summed E-state index contributed by atoms with van der Waals surface area (Å²) in [6, 6.07) is 10.4. The van der Waals surface area contributed by atoms with Crippen LogP contribution in [0, 0.1) is 18.3 Å². The first-order chi connectivity index (χ1) is 8.77. The highest BCUT2D eigenvalue weighted by Crippen LogP contribution is 2.16. The van der Waals surface area contributed by atoms with Gasteiger partial charge in [0.2, 0.25) is 0 Å². The number of rotatable bonds is 8. The van der Waals surface area contributed by atoms with Gasteiger partial charge >= 0.3 is 0 Å². The van der Waals surface area contributed by atoms with Gasteiger partial charge in [-0.15, -0.1) is 0 Å². The number of nitriles is 1. The minimum atomic E-state index is -0.0623. The first-order valence-corrected chi connectivity index (χ1v) is 6.99. The molecule has 18 heavy (non-hydrogen) atoms. The molecule has 0 amide bonds. The topological polar surface area (TPSA) is 35.8 Å². The molecule has 0 aliphatic carbocycles. The molecule has 1 atom stereocenters. The number of unbranched alkanes of at least 4 members (excludes halogenated alkanes) is 4. The summed E-state index contributed by atoms with van der Waals surface area (Å²) in [4.78, 5) is 0. The van der Waals surface area contributed by atoms with Crippen molar-refractivity contribution in [3.8, 4) is 6.07 Å². The number of aryl methyl sites for hydroxylation is 1. The van der Waals surface area contributed by atoms with Crippen molar-refractivity contribution in [3.05, 3.63) is 29.8 Å². The van der Waals surface area contributed by atoms with Crippen molar-refractivity contribution in [1.29, 1.82) is 5.26 Å². The molecule has 0 spiro atoms. The number of hydrogen-bond acceptors (Lipinski definition) is 2. The fourth-order valence-corrected chi connectivity index (χ4v) is 2.04. The Morgan fingerprint density at radius 2 is 1.89 bits per heavy atom. The number of anilines is 1. The van der Waals surface area contributed by atoms with Crippen LogP contribution in [0.15, 0.2) is 24.3 Å². The largest absolute Gasteiger partial charge is 0.370 e. The molecule has 1 rings (SSSR count). The van der Waals surface area contributed by atoms with Crippen LogP contribution in [-0.4, -0.2) is 6.04 Å². The lowest BCUT2D eigenvalue weighted by molar-refractivity contribution is 0.597. The molecule has 0 bridgehead atoms. The maximum Gasteiger partial charge on any atom is 0.114 e. The molecule has 1 aromatic rings. The van der Waals surface area contributed by atoms with Crippen LogP contribution in [0.4, 0.5) is 5.69 Å². The van der Waals surface area contributed by atoms with Gasteiger partial charge in [0, 0.05) is 5.69 Å². The number of nitrogens with one attached hydrogen (secondary N) is 1. The second-order valence-electron chi connectivity index (χ2n) is 4.84. The Morgan fingerprint density at radius 3 is 2.56 bits per heavy atom. The molecular formula is C16H24N2. The fraction of sp³-hybridized carbons (Fsp3) is 0.562. The monoisotopic (exact) mass is 244 g/mol. The Bertz CT molecular complexity index is 379. The first-order valence-electron chi connectivity index (χ1n) is 6.99. The van der Waals surface area contributed by atoms with Gasteiger partial charge < -0.3 is 5.32 Å². The van der Waals surface area contributed by atoms with Gasteiger partial charge in [-0.1, -0.05) is 57.2 Å². The van der Waals surface area contributed by atoms with Gasteiger partial charge in [0.15, 0.2) is 0 Å². The summed E-state index contributed by atoms with van der Waals surface area (Å²) in [5.41, 5.74) is 2.28. The highest BCUT2D eigenvalue weighted by Gasteiger charge is 2.07. The number of hydrogen-bond donors (Lipinski definition) is 1. The van der Waals surface area contributed by atoms with Crippen LogP contribution in [0.1, 0.15) is 51.0 Å². The molecule has 98 valence electrons. The summed E-state index contributed by atoms with van der Waals surface area (Å²) < 4.78 is 0. The molecule has 2 nitrogen and oxygen atoms in total. The Morgan fingerprint density at radius 1 is 1.17 bits per heavy atom. The van der Waals surface area contributed by atoms with E-state index in [-0.39, 0.29) is 6.04 Å². The maximum absolute atomic E-state index is 9.17. The predicted molar refractivity (Wildman–Crippen MR) is 77.6 cm³/mol. The minimum Gasteiger partial charge on any atom is -0.370 e. The molecule has 1 N–H and O–H groups in total. The highest BCUT2D eigenvalue weighted by molar-refractivity contribution is 5.51. The molecule has 1 unspecified atom stereocenters. The van der Waals surface area contributed by atoms with E-state index < -0.39 is 0 Å². The van der Waals surface area contributed by atoms with Gasteiger partial charge in [-0.25, -0.2) is 0 Å². The zero-order valence-electron chi connectivity index (χ0n) is 11.6.